The first kappa shape index (κ1) is 17.9. The molecule has 3 rings (SSSR count). The van der Waals surface area contributed by atoms with Gasteiger partial charge in [0, 0.05) is 22.5 Å². The van der Waals surface area contributed by atoms with Crippen LogP contribution in [0.25, 0.3) is 0 Å². The lowest BCUT2D eigenvalue weighted by Gasteiger charge is -2.22. The largest absolute Gasteiger partial charge is 0.495 e. The maximum atomic E-state index is 12.5. The lowest BCUT2D eigenvalue weighted by Crippen LogP contribution is -2.36. The average Bonchev–Trinajstić information content (AvgIpc) is 2.64. The van der Waals surface area contributed by atoms with Gasteiger partial charge in [0.25, 0.3) is 5.91 Å². The highest BCUT2D eigenvalue weighted by molar-refractivity contribution is 9.10. The number of hydrogen-bond acceptors (Lipinski definition) is 3. The van der Waals surface area contributed by atoms with Crippen LogP contribution in [-0.4, -0.2) is 24.0 Å². The number of amides is 1. The van der Waals surface area contributed by atoms with Gasteiger partial charge < -0.3 is 10.1 Å². The molecule has 0 atom stereocenters. The predicted octanol–water partition coefficient (Wildman–Crippen LogP) is 4.51. The predicted molar refractivity (Wildman–Crippen MR) is 102 cm³/mol. The molecule has 0 unspecified atom stereocenters. The fourth-order valence-electron chi connectivity index (χ4n) is 3.26. The van der Waals surface area contributed by atoms with Gasteiger partial charge in [-0.1, -0.05) is 47.3 Å². The monoisotopic (exact) mass is 402 g/mol. The second-order valence-electron chi connectivity index (χ2n) is 6.49. The van der Waals surface area contributed by atoms with Crippen LogP contribution in [0, 0.1) is 0 Å². The number of carbonyl (C=O) groups excluding carboxylic acids is 1. The molecule has 1 aromatic carbocycles. The van der Waals surface area contributed by atoms with Crippen LogP contribution >= 0.6 is 15.9 Å². The Morgan fingerprint density at radius 2 is 1.96 bits per heavy atom. The number of benzene rings is 1. The number of nitrogens with zero attached hydrogens (tertiary/aromatic N) is 1. The zero-order valence-corrected chi connectivity index (χ0v) is 16.0. The molecule has 1 heterocycles. The van der Waals surface area contributed by atoms with Gasteiger partial charge in [-0.05, 0) is 36.6 Å². The third-order valence-electron chi connectivity index (χ3n) is 4.65. The van der Waals surface area contributed by atoms with Crippen molar-refractivity contribution in [3.05, 3.63) is 57.8 Å². The molecule has 2 aromatic rings. The smallest absolute Gasteiger partial charge is 0.270 e. The Bertz CT molecular complexity index is 725. The minimum atomic E-state index is -0.0911. The van der Waals surface area contributed by atoms with Crippen LogP contribution in [0.3, 0.4) is 0 Å². The zero-order chi connectivity index (χ0) is 17.6. The number of methoxy groups -OCH3 is 1. The van der Waals surface area contributed by atoms with Crippen molar-refractivity contribution < 1.29 is 9.53 Å². The summed E-state index contributed by atoms with van der Waals surface area (Å²) < 4.78 is 6.47. The van der Waals surface area contributed by atoms with Crippen LogP contribution in [0.1, 0.15) is 53.7 Å². The number of hydrogen-bond donors (Lipinski definition) is 1. The molecule has 1 aromatic heterocycles. The van der Waals surface area contributed by atoms with E-state index in [1.54, 1.807) is 13.3 Å². The second-order valence-corrected chi connectivity index (χ2v) is 7.41. The van der Waals surface area contributed by atoms with Crippen molar-refractivity contribution in [2.24, 2.45) is 0 Å². The van der Waals surface area contributed by atoms with Crippen LogP contribution in [0.2, 0.25) is 0 Å². The minimum Gasteiger partial charge on any atom is -0.495 e. The lowest BCUT2D eigenvalue weighted by atomic mass is 9.95. The van der Waals surface area contributed by atoms with Gasteiger partial charge in [0.15, 0.2) is 0 Å². The standard InChI is InChI=1S/C20H23BrN2O2/c1-25-19-13-22-18(20(24)23-17-5-3-2-4-6-17)12-15(19)11-14-7-9-16(21)10-8-14/h7-10,12-13,17H,2-6,11H2,1H3,(H,23,24). The lowest BCUT2D eigenvalue weighted by molar-refractivity contribution is 0.0922. The zero-order valence-electron chi connectivity index (χ0n) is 14.4. The molecule has 0 saturated heterocycles. The van der Waals surface area contributed by atoms with E-state index in [4.69, 9.17) is 4.74 Å². The summed E-state index contributed by atoms with van der Waals surface area (Å²) in [5.41, 5.74) is 2.58. The Labute approximate surface area is 157 Å². The molecule has 0 aliphatic heterocycles. The number of pyridine rings is 1. The van der Waals surface area contributed by atoms with Crippen LogP contribution < -0.4 is 10.1 Å². The van der Waals surface area contributed by atoms with E-state index in [0.717, 1.165) is 28.4 Å². The average molecular weight is 403 g/mol. The molecule has 132 valence electrons. The maximum absolute atomic E-state index is 12.5. The summed E-state index contributed by atoms with van der Waals surface area (Å²) in [6, 6.07) is 10.3. The van der Waals surface area contributed by atoms with E-state index >= 15 is 0 Å². The number of rotatable bonds is 5. The van der Waals surface area contributed by atoms with Crippen molar-refractivity contribution >= 4 is 21.8 Å². The van der Waals surface area contributed by atoms with E-state index < -0.39 is 0 Å². The molecule has 5 heteroatoms. The molecule has 1 fully saturated rings. The van der Waals surface area contributed by atoms with E-state index in [9.17, 15) is 4.79 Å². The highest BCUT2D eigenvalue weighted by atomic mass is 79.9. The van der Waals surface area contributed by atoms with E-state index in [-0.39, 0.29) is 11.9 Å². The van der Waals surface area contributed by atoms with Crippen LogP contribution in [-0.2, 0) is 6.42 Å². The Morgan fingerprint density at radius 3 is 2.64 bits per heavy atom. The van der Waals surface area contributed by atoms with Crippen LogP contribution in [0.15, 0.2) is 41.0 Å². The van der Waals surface area contributed by atoms with Crippen molar-refractivity contribution in [1.82, 2.24) is 10.3 Å². The molecule has 0 spiro atoms. The highest BCUT2D eigenvalue weighted by Crippen LogP contribution is 2.23. The van der Waals surface area contributed by atoms with Gasteiger partial charge in [0.05, 0.1) is 13.3 Å². The normalized spacial score (nSPS) is 15.0. The van der Waals surface area contributed by atoms with Crippen molar-refractivity contribution in [2.45, 2.75) is 44.6 Å². The SMILES string of the molecule is COc1cnc(C(=O)NC2CCCCC2)cc1Cc1ccc(Br)cc1. The van der Waals surface area contributed by atoms with E-state index in [1.807, 2.05) is 18.2 Å². The molecule has 25 heavy (non-hydrogen) atoms. The maximum Gasteiger partial charge on any atom is 0.270 e. The van der Waals surface area contributed by atoms with Crippen molar-refractivity contribution in [3.8, 4) is 5.75 Å². The van der Waals surface area contributed by atoms with E-state index in [2.05, 4.69) is 38.4 Å². The Hall–Kier alpha value is -1.88. The summed E-state index contributed by atoms with van der Waals surface area (Å²) in [6.45, 7) is 0. The minimum absolute atomic E-state index is 0.0911. The van der Waals surface area contributed by atoms with E-state index in [0.29, 0.717) is 17.9 Å². The molecule has 0 radical (unpaired) electrons. The van der Waals surface area contributed by atoms with Gasteiger partial charge in [0.2, 0.25) is 0 Å². The molecule has 4 nitrogen and oxygen atoms in total. The molecular formula is C20H23BrN2O2. The fraction of sp³-hybridized carbons (Fsp3) is 0.400. The van der Waals surface area contributed by atoms with Gasteiger partial charge in [-0.3, -0.25) is 4.79 Å². The Morgan fingerprint density at radius 1 is 1.24 bits per heavy atom. The summed E-state index contributed by atoms with van der Waals surface area (Å²) in [5, 5.41) is 3.12. The van der Waals surface area contributed by atoms with Crippen LogP contribution in [0.4, 0.5) is 0 Å². The number of aromatic nitrogens is 1. The van der Waals surface area contributed by atoms with Crippen molar-refractivity contribution in [2.75, 3.05) is 7.11 Å². The molecule has 0 bridgehead atoms. The Balaban J connectivity index is 1.76. The number of carbonyl (C=O) groups is 1. The summed E-state index contributed by atoms with van der Waals surface area (Å²) in [5.74, 6) is 0.615. The van der Waals surface area contributed by atoms with Gasteiger partial charge in [0.1, 0.15) is 11.4 Å². The molecule has 1 aliphatic carbocycles. The van der Waals surface area contributed by atoms with Crippen LogP contribution in [0.5, 0.6) is 5.75 Å². The first-order valence-electron chi connectivity index (χ1n) is 8.74. The molecule has 1 saturated carbocycles. The number of halogens is 1. The van der Waals surface area contributed by atoms with Crippen molar-refractivity contribution in [3.63, 3.8) is 0 Å². The quantitative estimate of drug-likeness (QED) is 0.800. The summed E-state index contributed by atoms with van der Waals surface area (Å²) in [6.07, 6.45) is 8.12. The third kappa shape index (κ3) is 4.82. The molecular weight excluding hydrogens is 380 g/mol. The van der Waals surface area contributed by atoms with E-state index in [1.165, 1.54) is 19.3 Å². The van der Waals surface area contributed by atoms with Gasteiger partial charge in [-0.15, -0.1) is 0 Å². The first-order valence-corrected chi connectivity index (χ1v) is 9.53. The summed E-state index contributed by atoms with van der Waals surface area (Å²) in [4.78, 5) is 16.8. The molecule has 1 amide bonds. The first-order chi connectivity index (χ1) is 12.2. The summed E-state index contributed by atoms with van der Waals surface area (Å²) >= 11 is 3.45. The topological polar surface area (TPSA) is 51.2 Å². The highest BCUT2D eigenvalue weighted by Gasteiger charge is 2.18. The second kappa shape index (κ2) is 8.48. The van der Waals surface area contributed by atoms with Gasteiger partial charge in [-0.2, -0.15) is 0 Å². The third-order valence-corrected chi connectivity index (χ3v) is 5.18. The van der Waals surface area contributed by atoms with Crippen molar-refractivity contribution in [1.29, 1.82) is 0 Å². The van der Waals surface area contributed by atoms with Gasteiger partial charge >= 0.3 is 0 Å². The Kier molecular flexibility index (Phi) is 6.08. The number of ether oxygens (including phenoxy) is 1. The summed E-state index contributed by atoms with van der Waals surface area (Å²) in [7, 11) is 1.63. The van der Waals surface area contributed by atoms with Gasteiger partial charge in [-0.25, -0.2) is 4.98 Å². The molecule has 1 N–H and O–H groups in total. The fourth-order valence-corrected chi connectivity index (χ4v) is 3.52. The molecule has 1 aliphatic rings. The number of nitrogens with one attached hydrogen (secondary N) is 1.